The van der Waals surface area contributed by atoms with Gasteiger partial charge in [-0.1, -0.05) is 56.2 Å². The zero-order valence-electron chi connectivity index (χ0n) is 20.5. The normalized spacial score (nSPS) is 21.7. The molecule has 0 heterocycles. The molecule has 0 aromatic carbocycles. The first-order valence-corrected chi connectivity index (χ1v) is 12.7. The highest BCUT2D eigenvalue weighted by Gasteiger charge is 2.24. The van der Waals surface area contributed by atoms with Crippen molar-refractivity contribution in [3.8, 4) is 0 Å². The number of carbonyl (C=O) groups is 2. The zero-order chi connectivity index (χ0) is 23.6. The van der Waals surface area contributed by atoms with E-state index < -0.39 is 12.4 Å². The monoisotopic (exact) mass is 456 g/mol. The average Bonchev–Trinajstić information content (AvgIpc) is 2.80. The Hall–Kier alpha value is -2.30. The molecule has 0 amide bonds. The molecule has 1 saturated carbocycles. The minimum absolute atomic E-state index is 0.0785. The second kappa shape index (κ2) is 12.8. The predicted octanol–water partition coefficient (Wildman–Crippen LogP) is 7.34. The van der Waals surface area contributed by atoms with Gasteiger partial charge in [0.1, 0.15) is 6.10 Å². The fourth-order valence-corrected chi connectivity index (χ4v) is 5.01. The number of ether oxygens (including phenoxy) is 3. The van der Waals surface area contributed by atoms with Crippen LogP contribution < -0.4 is 0 Å². The largest absolute Gasteiger partial charge is 0.511 e. The van der Waals surface area contributed by atoms with Crippen molar-refractivity contribution in [2.24, 2.45) is 11.8 Å². The third-order valence-corrected chi connectivity index (χ3v) is 6.79. The van der Waals surface area contributed by atoms with E-state index in [1.807, 2.05) is 6.92 Å². The molecule has 3 rings (SSSR count). The fraction of sp³-hybridized carbons (Fsp3) is 0.643. The Morgan fingerprint density at radius 1 is 0.939 bits per heavy atom. The number of rotatable bonds is 9. The first-order chi connectivity index (χ1) is 15.9. The van der Waals surface area contributed by atoms with Gasteiger partial charge in [0, 0.05) is 6.92 Å². The Balaban J connectivity index is 1.37. The summed E-state index contributed by atoms with van der Waals surface area (Å²) in [5, 5.41) is 0. The molecule has 0 aliphatic heterocycles. The van der Waals surface area contributed by atoms with Crippen molar-refractivity contribution in [1.82, 2.24) is 0 Å². The summed E-state index contributed by atoms with van der Waals surface area (Å²) in [5.41, 5.74) is 4.38. The van der Waals surface area contributed by atoms with E-state index in [4.69, 9.17) is 14.2 Å². The van der Waals surface area contributed by atoms with Crippen LogP contribution in [-0.4, -0.2) is 24.5 Å². The standard InChI is InChI=1S/C28H40O5/c1-20(19-23-14-16-25(17-15-23)24-10-6-4-7-11-24)18-21(2)27(29)31-22(3)32-28(30)33-26-12-8-5-9-13-26/h4,6,10,14,16,20-22,26H,5,7-9,11-13,15,17-19H2,1-3H3/t20-,21?,22?/m0/s1. The van der Waals surface area contributed by atoms with Gasteiger partial charge in [0.15, 0.2) is 0 Å². The van der Waals surface area contributed by atoms with E-state index in [1.165, 1.54) is 23.1 Å². The van der Waals surface area contributed by atoms with Crippen LogP contribution in [0.3, 0.4) is 0 Å². The molecule has 0 bridgehead atoms. The van der Waals surface area contributed by atoms with Crippen LogP contribution in [0.4, 0.5) is 4.79 Å². The topological polar surface area (TPSA) is 61.8 Å². The summed E-state index contributed by atoms with van der Waals surface area (Å²) in [6, 6.07) is 0. The Morgan fingerprint density at radius 2 is 1.70 bits per heavy atom. The van der Waals surface area contributed by atoms with Gasteiger partial charge in [-0.3, -0.25) is 4.79 Å². The third-order valence-electron chi connectivity index (χ3n) is 6.79. The van der Waals surface area contributed by atoms with Crippen molar-refractivity contribution < 1.29 is 23.8 Å². The van der Waals surface area contributed by atoms with Gasteiger partial charge in [0.25, 0.3) is 0 Å². The van der Waals surface area contributed by atoms with Crippen molar-refractivity contribution in [2.45, 2.75) is 104 Å². The Bertz CT molecular complexity index is 797. The van der Waals surface area contributed by atoms with Crippen LogP contribution in [0.25, 0.3) is 0 Å². The van der Waals surface area contributed by atoms with E-state index in [1.54, 1.807) is 6.92 Å². The smallest absolute Gasteiger partial charge is 0.431 e. The van der Waals surface area contributed by atoms with Crippen LogP contribution in [0.1, 0.15) is 91.4 Å². The lowest BCUT2D eigenvalue weighted by Gasteiger charge is -2.23. The second-order valence-electron chi connectivity index (χ2n) is 9.87. The van der Waals surface area contributed by atoms with Gasteiger partial charge < -0.3 is 14.2 Å². The number of allylic oxidation sites excluding steroid dienone is 8. The van der Waals surface area contributed by atoms with E-state index in [0.717, 1.165) is 64.2 Å². The minimum Gasteiger partial charge on any atom is -0.431 e. The lowest BCUT2D eigenvalue weighted by Crippen LogP contribution is -2.28. The minimum atomic E-state index is -0.945. The van der Waals surface area contributed by atoms with Gasteiger partial charge in [0.05, 0.1) is 5.92 Å². The SMILES string of the molecule is CC(OC(=O)OC1CCCCC1)OC(=O)C(C)C[C@H](C)CC1=CC=C(C2=CC=CCC2)CC1. The van der Waals surface area contributed by atoms with Crippen LogP contribution in [0.15, 0.2) is 47.1 Å². The molecule has 3 atom stereocenters. The molecular formula is C28H40O5. The van der Waals surface area contributed by atoms with Crippen LogP contribution in [-0.2, 0) is 19.0 Å². The van der Waals surface area contributed by atoms with Crippen molar-refractivity contribution in [1.29, 1.82) is 0 Å². The second-order valence-corrected chi connectivity index (χ2v) is 9.87. The van der Waals surface area contributed by atoms with Gasteiger partial charge in [-0.15, -0.1) is 0 Å². The molecule has 3 aliphatic rings. The molecule has 0 aromatic heterocycles. The summed E-state index contributed by atoms with van der Waals surface area (Å²) in [5.74, 6) is -0.218. The number of hydrogen-bond acceptors (Lipinski definition) is 5. The van der Waals surface area contributed by atoms with Crippen LogP contribution in [0.2, 0.25) is 0 Å². The maximum absolute atomic E-state index is 12.5. The quantitative estimate of drug-likeness (QED) is 0.268. The Morgan fingerprint density at radius 3 is 2.36 bits per heavy atom. The third kappa shape index (κ3) is 8.53. The highest BCUT2D eigenvalue weighted by atomic mass is 16.8. The van der Waals surface area contributed by atoms with E-state index in [-0.39, 0.29) is 18.0 Å². The van der Waals surface area contributed by atoms with Gasteiger partial charge in [0.2, 0.25) is 6.29 Å². The first kappa shape index (κ1) is 25.3. The zero-order valence-corrected chi connectivity index (χ0v) is 20.5. The van der Waals surface area contributed by atoms with Gasteiger partial charge in [-0.05, 0) is 81.3 Å². The van der Waals surface area contributed by atoms with Crippen LogP contribution in [0, 0.1) is 11.8 Å². The van der Waals surface area contributed by atoms with Crippen molar-refractivity contribution in [2.75, 3.05) is 0 Å². The molecule has 2 unspecified atom stereocenters. The molecule has 5 heteroatoms. The van der Waals surface area contributed by atoms with Crippen molar-refractivity contribution in [3.05, 3.63) is 47.1 Å². The highest BCUT2D eigenvalue weighted by Crippen LogP contribution is 2.32. The summed E-state index contributed by atoms with van der Waals surface area (Å²) in [6.45, 7) is 5.62. The van der Waals surface area contributed by atoms with Crippen LogP contribution in [0.5, 0.6) is 0 Å². The predicted molar refractivity (Wildman–Crippen MR) is 129 cm³/mol. The Kier molecular flexibility index (Phi) is 9.83. The Labute approximate surface area is 198 Å². The molecule has 0 aromatic rings. The summed E-state index contributed by atoms with van der Waals surface area (Å²) in [7, 11) is 0. The summed E-state index contributed by atoms with van der Waals surface area (Å²) in [4.78, 5) is 24.4. The maximum Gasteiger partial charge on any atom is 0.511 e. The molecule has 0 radical (unpaired) electrons. The van der Waals surface area contributed by atoms with Crippen LogP contribution >= 0.6 is 0 Å². The summed E-state index contributed by atoms with van der Waals surface area (Å²) in [6.07, 6.45) is 20.7. The molecule has 182 valence electrons. The van der Waals surface area contributed by atoms with E-state index >= 15 is 0 Å². The van der Waals surface area contributed by atoms with E-state index in [2.05, 4.69) is 37.3 Å². The molecule has 1 fully saturated rings. The van der Waals surface area contributed by atoms with Crippen molar-refractivity contribution in [3.63, 3.8) is 0 Å². The first-order valence-electron chi connectivity index (χ1n) is 12.7. The molecule has 5 nitrogen and oxygen atoms in total. The highest BCUT2D eigenvalue weighted by molar-refractivity contribution is 5.72. The van der Waals surface area contributed by atoms with Crippen molar-refractivity contribution >= 4 is 12.1 Å². The van der Waals surface area contributed by atoms with Gasteiger partial charge >= 0.3 is 12.1 Å². The molecule has 0 spiro atoms. The maximum atomic E-state index is 12.5. The molecule has 0 N–H and O–H groups in total. The van der Waals surface area contributed by atoms with E-state index in [0.29, 0.717) is 5.92 Å². The number of carbonyl (C=O) groups excluding carboxylic acids is 2. The summed E-state index contributed by atoms with van der Waals surface area (Å²) < 4.78 is 15.8. The fourth-order valence-electron chi connectivity index (χ4n) is 5.01. The van der Waals surface area contributed by atoms with Gasteiger partial charge in [-0.2, -0.15) is 0 Å². The molecule has 3 aliphatic carbocycles. The molecule has 0 saturated heterocycles. The van der Waals surface area contributed by atoms with Gasteiger partial charge in [-0.25, -0.2) is 4.79 Å². The number of esters is 1. The lowest BCUT2D eigenvalue weighted by atomic mass is 9.85. The molecule has 33 heavy (non-hydrogen) atoms. The lowest BCUT2D eigenvalue weighted by molar-refractivity contribution is -0.173. The molecular weight excluding hydrogens is 416 g/mol. The average molecular weight is 457 g/mol. The number of hydrogen-bond donors (Lipinski definition) is 0. The van der Waals surface area contributed by atoms with E-state index in [9.17, 15) is 9.59 Å². The summed E-state index contributed by atoms with van der Waals surface area (Å²) >= 11 is 0.